The summed E-state index contributed by atoms with van der Waals surface area (Å²) < 4.78 is 67.9. The zero-order valence-electron chi connectivity index (χ0n) is 14.6. The molecule has 6 nitrogen and oxygen atoms in total. The van der Waals surface area contributed by atoms with Crippen LogP contribution in [0, 0.1) is 13.8 Å². The molecule has 0 aliphatic rings. The van der Waals surface area contributed by atoms with Crippen molar-refractivity contribution >= 4 is 21.2 Å². The van der Waals surface area contributed by atoms with E-state index in [0.717, 1.165) is 10.1 Å². The van der Waals surface area contributed by atoms with Crippen LogP contribution in [0.2, 0.25) is 0 Å². The van der Waals surface area contributed by atoms with Crippen LogP contribution in [0.1, 0.15) is 17.0 Å². The lowest BCUT2D eigenvalue weighted by Crippen LogP contribution is -2.29. The van der Waals surface area contributed by atoms with E-state index in [1.54, 1.807) is 19.1 Å². The highest BCUT2D eigenvalue weighted by Crippen LogP contribution is 2.30. The van der Waals surface area contributed by atoms with Crippen LogP contribution in [0.5, 0.6) is 0 Å². The van der Waals surface area contributed by atoms with E-state index in [1.165, 1.54) is 24.4 Å². The number of imidazole rings is 1. The molecule has 10 heteroatoms. The fourth-order valence-electron chi connectivity index (χ4n) is 2.86. The molecule has 1 aromatic carbocycles. The van der Waals surface area contributed by atoms with Gasteiger partial charge in [-0.3, -0.25) is 0 Å². The van der Waals surface area contributed by atoms with Crippen LogP contribution >= 0.6 is 0 Å². The van der Waals surface area contributed by atoms with Crippen molar-refractivity contribution in [2.75, 3.05) is 6.54 Å². The van der Waals surface area contributed by atoms with Crippen LogP contribution < -0.4 is 4.72 Å². The molecule has 27 heavy (non-hydrogen) atoms. The average molecular weight is 398 g/mol. The Bertz CT molecular complexity index is 1090. The van der Waals surface area contributed by atoms with E-state index in [4.69, 9.17) is 0 Å². The maximum atomic E-state index is 13.3. The van der Waals surface area contributed by atoms with Crippen molar-refractivity contribution in [1.29, 1.82) is 0 Å². The SMILES string of the molecule is Cc1ccc(S(=O)(=O)NCCn2c(C(F)(F)F)nc3cccnc32)c(C)c1. The molecular formula is C17H17F3N4O2S. The predicted molar refractivity (Wildman–Crippen MR) is 93.6 cm³/mol. The lowest BCUT2D eigenvalue weighted by atomic mass is 10.2. The number of hydrogen-bond donors (Lipinski definition) is 1. The summed E-state index contributed by atoms with van der Waals surface area (Å²) in [6.45, 7) is 3.01. The first kappa shape index (κ1) is 19.3. The van der Waals surface area contributed by atoms with Gasteiger partial charge in [-0.2, -0.15) is 13.2 Å². The largest absolute Gasteiger partial charge is 0.449 e. The third kappa shape index (κ3) is 3.96. The van der Waals surface area contributed by atoms with Crippen molar-refractivity contribution in [2.45, 2.75) is 31.5 Å². The maximum absolute atomic E-state index is 13.3. The van der Waals surface area contributed by atoms with Gasteiger partial charge in [-0.15, -0.1) is 0 Å². The molecule has 0 spiro atoms. The molecule has 0 fully saturated rings. The minimum absolute atomic E-state index is 0.0514. The van der Waals surface area contributed by atoms with Crippen LogP contribution in [0.25, 0.3) is 11.2 Å². The Morgan fingerprint density at radius 1 is 1.19 bits per heavy atom. The predicted octanol–water partition coefficient (Wildman–Crippen LogP) is 3.05. The lowest BCUT2D eigenvalue weighted by Gasteiger charge is -2.13. The zero-order chi connectivity index (χ0) is 19.8. The summed E-state index contributed by atoms with van der Waals surface area (Å²) in [4.78, 5) is 7.61. The van der Waals surface area contributed by atoms with Gasteiger partial charge in [0, 0.05) is 19.3 Å². The Labute approximate surface area is 154 Å². The van der Waals surface area contributed by atoms with Crippen molar-refractivity contribution in [1.82, 2.24) is 19.3 Å². The molecule has 0 saturated carbocycles. The minimum Gasteiger partial charge on any atom is -0.304 e. The molecule has 0 radical (unpaired) electrons. The van der Waals surface area contributed by atoms with E-state index >= 15 is 0 Å². The van der Waals surface area contributed by atoms with Crippen molar-refractivity contribution in [2.24, 2.45) is 0 Å². The highest BCUT2D eigenvalue weighted by atomic mass is 32.2. The number of rotatable bonds is 5. The maximum Gasteiger partial charge on any atom is 0.449 e. The highest BCUT2D eigenvalue weighted by molar-refractivity contribution is 7.89. The molecule has 0 aliphatic heterocycles. The highest BCUT2D eigenvalue weighted by Gasteiger charge is 2.37. The molecule has 0 atom stereocenters. The van der Waals surface area contributed by atoms with Gasteiger partial charge in [-0.1, -0.05) is 17.7 Å². The Morgan fingerprint density at radius 3 is 2.59 bits per heavy atom. The number of fused-ring (bicyclic) bond motifs is 1. The number of alkyl halides is 3. The third-order valence-corrected chi connectivity index (χ3v) is 5.63. The molecular weight excluding hydrogens is 381 g/mol. The number of hydrogen-bond acceptors (Lipinski definition) is 4. The Balaban J connectivity index is 1.85. The average Bonchev–Trinajstić information content (AvgIpc) is 2.93. The second-order valence-corrected chi connectivity index (χ2v) is 7.83. The zero-order valence-corrected chi connectivity index (χ0v) is 15.4. The number of nitrogens with one attached hydrogen (secondary N) is 1. The summed E-state index contributed by atoms with van der Waals surface area (Å²) in [5.41, 5.74) is 1.63. The number of aromatic nitrogens is 3. The lowest BCUT2D eigenvalue weighted by molar-refractivity contribution is -0.146. The Kier molecular flexibility index (Phi) is 4.96. The van der Waals surface area contributed by atoms with Crippen LogP contribution in [-0.4, -0.2) is 29.5 Å². The number of nitrogens with zero attached hydrogens (tertiary/aromatic N) is 3. The van der Waals surface area contributed by atoms with Crippen molar-refractivity contribution in [3.8, 4) is 0 Å². The fourth-order valence-corrected chi connectivity index (χ4v) is 4.10. The first-order chi connectivity index (χ1) is 12.6. The number of aryl methyl sites for hydroxylation is 2. The first-order valence-electron chi connectivity index (χ1n) is 8.05. The summed E-state index contributed by atoms with van der Waals surface area (Å²) in [5, 5.41) is 0. The van der Waals surface area contributed by atoms with Gasteiger partial charge in [0.25, 0.3) is 0 Å². The van der Waals surface area contributed by atoms with E-state index in [2.05, 4.69) is 14.7 Å². The summed E-state index contributed by atoms with van der Waals surface area (Å²) >= 11 is 0. The smallest absolute Gasteiger partial charge is 0.304 e. The van der Waals surface area contributed by atoms with Gasteiger partial charge in [0.1, 0.15) is 5.52 Å². The quantitative estimate of drug-likeness (QED) is 0.717. The summed E-state index contributed by atoms with van der Waals surface area (Å²) in [7, 11) is -3.85. The van der Waals surface area contributed by atoms with Gasteiger partial charge in [-0.05, 0) is 37.6 Å². The fraction of sp³-hybridized carbons (Fsp3) is 0.294. The summed E-state index contributed by atoms with van der Waals surface area (Å²) in [6, 6.07) is 7.78. The molecule has 1 N–H and O–H groups in total. The monoisotopic (exact) mass is 398 g/mol. The van der Waals surface area contributed by atoms with E-state index in [1.807, 2.05) is 6.92 Å². The van der Waals surface area contributed by atoms with Crippen molar-refractivity contribution in [3.05, 3.63) is 53.5 Å². The van der Waals surface area contributed by atoms with Gasteiger partial charge >= 0.3 is 6.18 Å². The third-order valence-electron chi connectivity index (χ3n) is 4.00. The van der Waals surface area contributed by atoms with Gasteiger partial charge < -0.3 is 4.57 Å². The van der Waals surface area contributed by atoms with E-state index < -0.39 is 22.0 Å². The second kappa shape index (κ2) is 6.93. The molecule has 2 heterocycles. The van der Waals surface area contributed by atoms with Crippen LogP contribution in [0.15, 0.2) is 41.4 Å². The summed E-state index contributed by atoms with van der Waals surface area (Å²) in [5.74, 6) is -1.11. The van der Waals surface area contributed by atoms with Gasteiger partial charge in [0.15, 0.2) is 5.65 Å². The van der Waals surface area contributed by atoms with Gasteiger partial charge in [-0.25, -0.2) is 23.1 Å². The Morgan fingerprint density at radius 2 is 1.93 bits per heavy atom. The van der Waals surface area contributed by atoms with Crippen molar-refractivity contribution in [3.63, 3.8) is 0 Å². The molecule has 3 aromatic rings. The van der Waals surface area contributed by atoms with E-state index in [0.29, 0.717) is 5.56 Å². The molecule has 3 rings (SSSR count). The topological polar surface area (TPSA) is 76.9 Å². The van der Waals surface area contributed by atoms with Crippen LogP contribution in [0.3, 0.4) is 0 Å². The molecule has 2 aromatic heterocycles. The molecule has 0 unspecified atom stereocenters. The molecule has 0 amide bonds. The number of halogens is 3. The van der Waals surface area contributed by atoms with E-state index in [9.17, 15) is 21.6 Å². The van der Waals surface area contributed by atoms with Crippen LogP contribution in [0.4, 0.5) is 13.2 Å². The molecule has 0 aliphatic carbocycles. The van der Waals surface area contributed by atoms with E-state index in [-0.39, 0.29) is 29.1 Å². The number of sulfonamides is 1. The Hall–Kier alpha value is -2.46. The molecule has 0 bridgehead atoms. The number of pyridine rings is 1. The van der Waals surface area contributed by atoms with Crippen LogP contribution in [-0.2, 0) is 22.7 Å². The molecule has 144 valence electrons. The molecule has 0 saturated heterocycles. The standard InChI is InChI=1S/C17H17F3N4O2S/c1-11-5-6-14(12(2)10-11)27(25,26)22-8-9-24-15-13(4-3-7-21-15)23-16(24)17(18,19)20/h3-7,10,22H,8-9H2,1-2H3. The second-order valence-electron chi connectivity index (χ2n) is 6.10. The van der Waals surface area contributed by atoms with Crippen molar-refractivity contribution < 1.29 is 21.6 Å². The van der Waals surface area contributed by atoms with Gasteiger partial charge in [0.2, 0.25) is 15.8 Å². The first-order valence-corrected chi connectivity index (χ1v) is 9.53. The van der Waals surface area contributed by atoms with Gasteiger partial charge in [0.05, 0.1) is 4.90 Å². The normalized spacial score (nSPS) is 12.6. The number of benzene rings is 1. The minimum atomic E-state index is -4.67. The summed E-state index contributed by atoms with van der Waals surface area (Å²) in [6.07, 6.45) is -3.31.